The molecule has 6 heteroatoms. The van der Waals surface area contributed by atoms with Crippen LogP contribution in [0.4, 0.5) is 0 Å². The summed E-state index contributed by atoms with van der Waals surface area (Å²) < 4.78 is 9.79. The average Bonchev–Trinajstić information content (AvgIpc) is 2.99. The van der Waals surface area contributed by atoms with Crippen molar-refractivity contribution in [1.29, 1.82) is 0 Å². The molecule has 0 aliphatic carbocycles. The van der Waals surface area contributed by atoms with Crippen molar-refractivity contribution in [2.24, 2.45) is 0 Å². The second-order valence-corrected chi connectivity index (χ2v) is 6.74. The molecule has 0 fully saturated rings. The first-order valence-corrected chi connectivity index (χ1v) is 9.18. The molecule has 2 aromatic carbocycles. The van der Waals surface area contributed by atoms with Gasteiger partial charge in [-0.25, -0.2) is 4.68 Å². The van der Waals surface area contributed by atoms with Crippen LogP contribution in [0.25, 0.3) is 11.4 Å². The van der Waals surface area contributed by atoms with Crippen LogP contribution in [-0.2, 0) is 19.8 Å². The molecule has 1 aromatic heterocycles. The normalized spacial score (nSPS) is 10.9. The maximum atomic E-state index is 5.67. The Hall–Kier alpha value is -2.70. The summed E-state index contributed by atoms with van der Waals surface area (Å²) in [7, 11) is 3.72. The van der Waals surface area contributed by atoms with Crippen LogP contribution in [0.3, 0.4) is 0 Å². The highest BCUT2D eigenvalue weighted by Gasteiger charge is 2.13. The molecule has 0 N–H and O–H groups in total. The molecule has 140 valence electrons. The summed E-state index contributed by atoms with van der Waals surface area (Å²) in [6, 6.07) is 18.2. The van der Waals surface area contributed by atoms with Crippen LogP contribution in [0, 0.1) is 4.77 Å². The Kier molecular flexibility index (Phi) is 6.21. The number of hydrogen-bond acceptors (Lipinski definition) is 4. The van der Waals surface area contributed by atoms with Crippen molar-refractivity contribution < 1.29 is 4.74 Å². The van der Waals surface area contributed by atoms with Gasteiger partial charge in [-0.3, -0.25) is 9.47 Å². The van der Waals surface area contributed by atoms with Crippen LogP contribution in [0.15, 0.2) is 67.3 Å². The lowest BCUT2D eigenvalue weighted by molar-refractivity contribution is 0.244. The lowest BCUT2D eigenvalue weighted by Crippen LogP contribution is -2.22. The molecule has 0 bridgehead atoms. The Labute approximate surface area is 165 Å². The lowest BCUT2D eigenvalue weighted by atomic mass is 10.2. The van der Waals surface area contributed by atoms with E-state index in [1.54, 1.807) is 7.11 Å². The van der Waals surface area contributed by atoms with E-state index in [4.69, 9.17) is 22.1 Å². The summed E-state index contributed by atoms with van der Waals surface area (Å²) in [4.78, 5) is 2.19. The fraction of sp³-hybridized carbons (Fsp3) is 0.238. The van der Waals surface area contributed by atoms with Crippen LogP contribution in [0.5, 0.6) is 5.75 Å². The van der Waals surface area contributed by atoms with Gasteiger partial charge >= 0.3 is 0 Å². The molecule has 0 saturated heterocycles. The third-order valence-corrected chi connectivity index (χ3v) is 4.68. The number of methoxy groups -OCH3 is 1. The van der Waals surface area contributed by atoms with Crippen molar-refractivity contribution in [2.75, 3.05) is 14.2 Å². The van der Waals surface area contributed by atoms with Crippen LogP contribution in [0.1, 0.15) is 5.56 Å². The largest absolute Gasteiger partial charge is 0.497 e. The predicted molar refractivity (Wildman–Crippen MR) is 111 cm³/mol. The Morgan fingerprint density at radius 2 is 1.85 bits per heavy atom. The van der Waals surface area contributed by atoms with Crippen LogP contribution < -0.4 is 4.74 Å². The van der Waals surface area contributed by atoms with Gasteiger partial charge in [0.15, 0.2) is 10.6 Å². The van der Waals surface area contributed by atoms with E-state index in [2.05, 4.69) is 42.8 Å². The Morgan fingerprint density at radius 1 is 1.15 bits per heavy atom. The van der Waals surface area contributed by atoms with Crippen molar-refractivity contribution in [2.45, 2.75) is 19.8 Å². The molecule has 5 nitrogen and oxygen atoms in total. The standard InChI is InChI=1S/C21H24N4OS/c1-4-14-24-20(18-10-12-19(26-3)13-11-18)22-25(21(24)27)16-23(2)15-17-8-6-5-7-9-17/h4-13H,1,14-16H2,2-3H3. The Balaban J connectivity index is 1.87. The van der Waals surface area contributed by atoms with Gasteiger partial charge in [0.2, 0.25) is 0 Å². The smallest absolute Gasteiger partial charge is 0.199 e. The zero-order valence-electron chi connectivity index (χ0n) is 15.7. The molecule has 0 aliphatic rings. The number of hydrogen-bond donors (Lipinski definition) is 0. The number of allylic oxidation sites excluding steroid dienone is 1. The number of aromatic nitrogens is 3. The zero-order chi connectivity index (χ0) is 19.2. The van der Waals surface area contributed by atoms with Crippen molar-refractivity contribution in [3.05, 3.63) is 77.6 Å². The van der Waals surface area contributed by atoms with Gasteiger partial charge in [-0.05, 0) is 49.1 Å². The second-order valence-electron chi connectivity index (χ2n) is 6.37. The van der Waals surface area contributed by atoms with E-state index in [0.29, 0.717) is 18.0 Å². The molecule has 1 heterocycles. The van der Waals surface area contributed by atoms with E-state index in [0.717, 1.165) is 23.7 Å². The van der Waals surface area contributed by atoms with Crippen molar-refractivity contribution in [3.63, 3.8) is 0 Å². The number of rotatable bonds is 8. The van der Waals surface area contributed by atoms with E-state index in [9.17, 15) is 0 Å². The third-order valence-electron chi connectivity index (χ3n) is 4.25. The molecule has 0 aliphatic heterocycles. The number of benzene rings is 2. The summed E-state index contributed by atoms with van der Waals surface area (Å²) >= 11 is 5.67. The first-order valence-electron chi connectivity index (χ1n) is 8.78. The molecule has 3 rings (SSSR count). The molecule has 0 saturated carbocycles. The van der Waals surface area contributed by atoms with Gasteiger partial charge in [-0.15, -0.1) is 6.58 Å². The molecule has 0 unspecified atom stereocenters. The SMILES string of the molecule is C=CCn1c(-c2ccc(OC)cc2)nn(CN(C)Cc2ccccc2)c1=S. The summed E-state index contributed by atoms with van der Waals surface area (Å²) in [5.41, 5.74) is 2.25. The van der Waals surface area contributed by atoms with Crippen LogP contribution >= 0.6 is 12.2 Å². The molecular formula is C21H24N4OS. The first kappa shape index (κ1) is 19.1. The van der Waals surface area contributed by atoms with E-state index in [1.807, 2.05) is 45.7 Å². The number of ether oxygens (including phenoxy) is 1. The monoisotopic (exact) mass is 380 g/mol. The van der Waals surface area contributed by atoms with Crippen LogP contribution in [-0.4, -0.2) is 33.4 Å². The summed E-state index contributed by atoms with van der Waals surface area (Å²) in [5.74, 6) is 1.64. The number of nitrogens with zero attached hydrogens (tertiary/aromatic N) is 4. The highest BCUT2D eigenvalue weighted by Crippen LogP contribution is 2.22. The van der Waals surface area contributed by atoms with E-state index in [-0.39, 0.29) is 0 Å². The van der Waals surface area contributed by atoms with E-state index < -0.39 is 0 Å². The second kappa shape index (κ2) is 8.79. The van der Waals surface area contributed by atoms with Crippen molar-refractivity contribution >= 4 is 12.2 Å². The minimum absolute atomic E-state index is 0.612. The van der Waals surface area contributed by atoms with E-state index in [1.165, 1.54) is 5.56 Å². The summed E-state index contributed by atoms with van der Waals surface area (Å²) in [6.45, 7) is 5.90. The molecule has 0 radical (unpaired) electrons. The third kappa shape index (κ3) is 4.53. The van der Waals surface area contributed by atoms with Gasteiger partial charge in [0.05, 0.1) is 13.8 Å². The molecular weight excluding hydrogens is 356 g/mol. The van der Waals surface area contributed by atoms with Gasteiger partial charge < -0.3 is 4.74 Å². The van der Waals surface area contributed by atoms with Crippen molar-refractivity contribution in [1.82, 2.24) is 19.2 Å². The first-order chi connectivity index (χ1) is 13.1. The molecule has 0 amide bonds. The highest BCUT2D eigenvalue weighted by atomic mass is 32.1. The fourth-order valence-electron chi connectivity index (χ4n) is 2.95. The summed E-state index contributed by atoms with van der Waals surface area (Å²) in [5, 5.41) is 4.78. The molecule has 0 atom stereocenters. The fourth-order valence-corrected chi connectivity index (χ4v) is 3.21. The Bertz CT molecular complexity index is 945. The topological polar surface area (TPSA) is 35.2 Å². The average molecular weight is 381 g/mol. The van der Waals surface area contributed by atoms with Gasteiger partial charge in [0, 0.05) is 18.7 Å². The Morgan fingerprint density at radius 3 is 2.48 bits per heavy atom. The van der Waals surface area contributed by atoms with Gasteiger partial charge in [-0.2, -0.15) is 5.10 Å². The molecule has 3 aromatic rings. The van der Waals surface area contributed by atoms with Gasteiger partial charge in [0.1, 0.15) is 5.75 Å². The predicted octanol–water partition coefficient (Wildman–Crippen LogP) is 4.37. The lowest BCUT2D eigenvalue weighted by Gasteiger charge is -2.16. The van der Waals surface area contributed by atoms with Crippen molar-refractivity contribution in [3.8, 4) is 17.1 Å². The highest BCUT2D eigenvalue weighted by molar-refractivity contribution is 7.71. The molecule has 27 heavy (non-hydrogen) atoms. The minimum Gasteiger partial charge on any atom is -0.497 e. The van der Waals surface area contributed by atoms with Gasteiger partial charge in [0.25, 0.3) is 0 Å². The summed E-state index contributed by atoms with van der Waals surface area (Å²) in [6.07, 6.45) is 1.84. The maximum absolute atomic E-state index is 5.67. The quantitative estimate of drug-likeness (QED) is 0.429. The van der Waals surface area contributed by atoms with E-state index >= 15 is 0 Å². The van der Waals surface area contributed by atoms with Gasteiger partial charge in [-0.1, -0.05) is 36.4 Å². The zero-order valence-corrected chi connectivity index (χ0v) is 16.5. The van der Waals surface area contributed by atoms with Crippen LogP contribution in [0.2, 0.25) is 0 Å². The minimum atomic E-state index is 0.612. The maximum Gasteiger partial charge on any atom is 0.199 e. The molecule has 0 spiro atoms.